The van der Waals surface area contributed by atoms with Crippen LogP contribution < -0.4 is 4.74 Å². The van der Waals surface area contributed by atoms with Crippen molar-refractivity contribution in [3.63, 3.8) is 0 Å². The van der Waals surface area contributed by atoms with Gasteiger partial charge in [-0.1, -0.05) is 24.6 Å². The molecule has 1 aromatic carbocycles. The minimum absolute atomic E-state index is 0.446. The van der Waals surface area contributed by atoms with E-state index in [4.69, 9.17) is 4.74 Å². The monoisotopic (exact) mass is 244 g/mol. The highest BCUT2D eigenvalue weighted by atomic mass is 16.5. The van der Waals surface area contributed by atoms with Crippen molar-refractivity contribution in [2.45, 2.75) is 20.3 Å². The highest BCUT2D eigenvalue weighted by molar-refractivity contribution is 5.75. The van der Waals surface area contributed by atoms with E-state index in [0.29, 0.717) is 18.0 Å². The highest BCUT2D eigenvalue weighted by Crippen LogP contribution is 2.27. The zero-order valence-electron chi connectivity index (χ0n) is 10.8. The maximum absolute atomic E-state index is 10.9. The van der Waals surface area contributed by atoms with Crippen LogP contribution in [0.2, 0.25) is 0 Å². The number of aldehydes is 1. The Morgan fingerprint density at radius 2 is 2.00 bits per heavy atom. The molecule has 94 valence electrons. The van der Waals surface area contributed by atoms with Crippen LogP contribution in [0.15, 0.2) is 24.3 Å². The number of hydrogen-bond acceptors (Lipinski definition) is 3. The first kappa shape index (κ1) is 12.4. The molecule has 18 heavy (non-hydrogen) atoms. The molecule has 0 unspecified atom stereocenters. The Kier molecular flexibility index (Phi) is 3.46. The Morgan fingerprint density at radius 1 is 1.33 bits per heavy atom. The lowest BCUT2D eigenvalue weighted by molar-refractivity contribution is 0.111. The number of rotatable bonds is 4. The van der Waals surface area contributed by atoms with Gasteiger partial charge in [-0.05, 0) is 25.5 Å². The normalized spacial score (nSPS) is 10.4. The summed E-state index contributed by atoms with van der Waals surface area (Å²) >= 11 is 0. The van der Waals surface area contributed by atoms with Gasteiger partial charge in [0.2, 0.25) is 5.88 Å². The summed E-state index contributed by atoms with van der Waals surface area (Å²) < 4.78 is 7.41. The van der Waals surface area contributed by atoms with Crippen LogP contribution in [0.1, 0.15) is 28.5 Å². The third-order valence-electron chi connectivity index (χ3n) is 2.82. The quantitative estimate of drug-likeness (QED) is 0.777. The van der Waals surface area contributed by atoms with E-state index in [1.54, 1.807) is 11.7 Å². The minimum Gasteiger partial charge on any atom is -0.439 e. The molecule has 4 nitrogen and oxygen atoms in total. The Labute approximate surface area is 106 Å². The standard InChI is InChI=1S/C14H16N2O2/c1-4-12-13(9-17)15-16(3)14(12)18-11-7-5-10(2)6-8-11/h5-9H,4H2,1-3H3. The average molecular weight is 244 g/mol. The van der Waals surface area contributed by atoms with Crippen LogP contribution in [0.5, 0.6) is 11.6 Å². The highest BCUT2D eigenvalue weighted by Gasteiger charge is 2.15. The number of nitrogens with zero attached hydrogens (tertiary/aromatic N) is 2. The third kappa shape index (κ3) is 2.27. The second kappa shape index (κ2) is 5.04. The zero-order chi connectivity index (χ0) is 13.1. The second-order valence-electron chi connectivity index (χ2n) is 4.18. The smallest absolute Gasteiger partial charge is 0.221 e. The largest absolute Gasteiger partial charge is 0.439 e. The lowest BCUT2D eigenvalue weighted by Crippen LogP contribution is -1.96. The van der Waals surface area contributed by atoms with Gasteiger partial charge in [-0.3, -0.25) is 4.79 Å². The van der Waals surface area contributed by atoms with Crippen molar-refractivity contribution in [1.82, 2.24) is 9.78 Å². The van der Waals surface area contributed by atoms with E-state index < -0.39 is 0 Å². The van der Waals surface area contributed by atoms with Crippen molar-refractivity contribution in [3.8, 4) is 11.6 Å². The Bertz CT molecular complexity index is 556. The van der Waals surface area contributed by atoms with Crippen molar-refractivity contribution in [3.05, 3.63) is 41.1 Å². The maximum atomic E-state index is 10.9. The fourth-order valence-corrected chi connectivity index (χ4v) is 1.84. The first-order chi connectivity index (χ1) is 8.65. The summed E-state index contributed by atoms with van der Waals surface area (Å²) in [6, 6.07) is 7.78. The predicted molar refractivity (Wildman–Crippen MR) is 69.2 cm³/mol. The van der Waals surface area contributed by atoms with Gasteiger partial charge in [0, 0.05) is 12.6 Å². The number of hydrogen-bond donors (Lipinski definition) is 0. The van der Waals surface area contributed by atoms with E-state index in [2.05, 4.69) is 5.10 Å². The van der Waals surface area contributed by atoms with Crippen LogP contribution in [0.4, 0.5) is 0 Å². The van der Waals surface area contributed by atoms with E-state index in [1.165, 1.54) is 5.56 Å². The molecule has 4 heteroatoms. The van der Waals surface area contributed by atoms with E-state index in [1.807, 2.05) is 38.1 Å². The summed E-state index contributed by atoms with van der Waals surface area (Å²) in [5.41, 5.74) is 2.46. The Morgan fingerprint density at radius 3 is 2.56 bits per heavy atom. The molecule has 0 N–H and O–H groups in total. The molecule has 2 rings (SSSR count). The lowest BCUT2D eigenvalue weighted by atomic mass is 10.2. The van der Waals surface area contributed by atoms with Crippen LogP contribution in [-0.4, -0.2) is 16.1 Å². The number of carbonyl (C=O) groups excluding carboxylic acids is 1. The number of ether oxygens (including phenoxy) is 1. The molecular formula is C14H16N2O2. The molecule has 0 fully saturated rings. The second-order valence-corrected chi connectivity index (χ2v) is 4.18. The van der Waals surface area contributed by atoms with Crippen molar-refractivity contribution < 1.29 is 9.53 Å². The van der Waals surface area contributed by atoms with Crippen molar-refractivity contribution in [2.24, 2.45) is 7.05 Å². The summed E-state index contributed by atoms with van der Waals surface area (Å²) in [5.74, 6) is 1.37. The fraction of sp³-hybridized carbons (Fsp3) is 0.286. The van der Waals surface area contributed by atoms with Crippen LogP contribution in [0.25, 0.3) is 0 Å². The minimum atomic E-state index is 0.446. The molecule has 0 bridgehead atoms. The van der Waals surface area contributed by atoms with Crippen LogP contribution >= 0.6 is 0 Å². The molecule has 0 atom stereocenters. The summed E-state index contributed by atoms with van der Waals surface area (Å²) in [6.45, 7) is 4.00. The molecule has 2 aromatic rings. The van der Waals surface area contributed by atoms with Gasteiger partial charge in [0.15, 0.2) is 6.29 Å². The van der Waals surface area contributed by atoms with Gasteiger partial charge in [-0.25, -0.2) is 4.68 Å². The number of aromatic nitrogens is 2. The molecule has 0 saturated heterocycles. The Balaban J connectivity index is 2.36. The van der Waals surface area contributed by atoms with Gasteiger partial charge < -0.3 is 4.74 Å². The lowest BCUT2D eigenvalue weighted by Gasteiger charge is -2.07. The fourth-order valence-electron chi connectivity index (χ4n) is 1.84. The van der Waals surface area contributed by atoms with Gasteiger partial charge in [-0.2, -0.15) is 5.10 Å². The van der Waals surface area contributed by atoms with Gasteiger partial charge in [0.1, 0.15) is 11.4 Å². The molecule has 0 radical (unpaired) electrons. The SMILES string of the molecule is CCc1c(C=O)nn(C)c1Oc1ccc(C)cc1. The van der Waals surface area contributed by atoms with Crippen LogP contribution in [0.3, 0.4) is 0 Å². The number of benzene rings is 1. The molecule has 0 saturated carbocycles. The molecule has 1 heterocycles. The molecule has 1 aromatic heterocycles. The summed E-state index contributed by atoms with van der Waals surface area (Å²) in [7, 11) is 1.77. The summed E-state index contributed by atoms with van der Waals surface area (Å²) in [6.07, 6.45) is 1.48. The van der Waals surface area contributed by atoms with Crippen LogP contribution in [0, 0.1) is 6.92 Å². The van der Waals surface area contributed by atoms with E-state index in [9.17, 15) is 4.79 Å². The first-order valence-corrected chi connectivity index (χ1v) is 5.91. The zero-order valence-corrected chi connectivity index (χ0v) is 10.8. The summed E-state index contributed by atoms with van der Waals surface area (Å²) in [5, 5.41) is 4.14. The molecule has 0 aliphatic heterocycles. The van der Waals surface area contributed by atoms with Crippen molar-refractivity contribution in [1.29, 1.82) is 0 Å². The molecule has 0 spiro atoms. The van der Waals surface area contributed by atoms with E-state index >= 15 is 0 Å². The Hall–Kier alpha value is -2.10. The maximum Gasteiger partial charge on any atom is 0.221 e. The van der Waals surface area contributed by atoms with Gasteiger partial charge >= 0.3 is 0 Å². The summed E-state index contributed by atoms with van der Waals surface area (Å²) in [4.78, 5) is 10.9. The topological polar surface area (TPSA) is 44.1 Å². The van der Waals surface area contributed by atoms with Crippen LogP contribution in [-0.2, 0) is 13.5 Å². The number of aryl methyl sites for hydroxylation is 2. The first-order valence-electron chi connectivity index (χ1n) is 5.91. The molecule has 0 aliphatic carbocycles. The van der Waals surface area contributed by atoms with Gasteiger partial charge in [-0.15, -0.1) is 0 Å². The average Bonchev–Trinajstić information content (AvgIpc) is 2.68. The predicted octanol–water partition coefficient (Wildman–Crippen LogP) is 2.90. The molecular weight excluding hydrogens is 228 g/mol. The van der Waals surface area contributed by atoms with Gasteiger partial charge in [0.05, 0.1) is 0 Å². The van der Waals surface area contributed by atoms with Gasteiger partial charge in [0.25, 0.3) is 0 Å². The molecule has 0 amide bonds. The van der Waals surface area contributed by atoms with E-state index in [0.717, 1.165) is 17.6 Å². The van der Waals surface area contributed by atoms with Crippen molar-refractivity contribution in [2.75, 3.05) is 0 Å². The number of carbonyl (C=O) groups is 1. The third-order valence-corrected chi connectivity index (χ3v) is 2.82. The molecule has 0 aliphatic rings. The van der Waals surface area contributed by atoms with Crippen molar-refractivity contribution >= 4 is 6.29 Å². The van der Waals surface area contributed by atoms with E-state index in [-0.39, 0.29) is 0 Å².